The van der Waals surface area contributed by atoms with E-state index in [4.69, 9.17) is 5.26 Å². The zero-order valence-corrected chi connectivity index (χ0v) is 13.8. The first-order valence-electron chi connectivity index (χ1n) is 8.37. The van der Waals surface area contributed by atoms with E-state index in [9.17, 15) is 4.79 Å². The number of hydrogen-bond donors (Lipinski definition) is 0. The fourth-order valence-corrected chi connectivity index (χ4v) is 3.59. The molecule has 5 rings (SSSR count). The molecule has 4 aromatic rings. The van der Waals surface area contributed by atoms with Crippen molar-refractivity contribution < 1.29 is 4.79 Å². The Kier molecular flexibility index (Phi) is 3.06. The summed E-state index contributed by atoms with van der Waals surface area (Å²) in [5.74, 6) is -0.697. The molecule has 1 fully saturated rings. The van der Waals surface area contributed by atoms with Gasteiger partial charge in [0, 0.05) is 36.9 Å². The molecule has 1 saturated heterocycles. The minimum Gasteiger partial charge on any atom is -0.309 e. The molecule has 7 heteroatoms. The number of imidazole rings is 1. The highest BCUT2D eigenvalue weighted by Crippen LogP contribution is 2.31. The van der Waals surface area contributed by atoms with Gasteiger partial charge in [0.1, 0.15) is 11.6 Å². The Balaban J connectivity index is 1.67. The second-order valence-electron chi connectivity index (χ2n) is 6.30. The number of pyridine rings is 1. The predicted molar refractivity (Wildman–Crippen MR) is 95.5 cm³/mol. The lowest BCUT2D eigenvalue weighted by Crippen LogP contribution is -2.27. The van der Waals surface area contributed by atoms with E-state index in [1.165, 1.54) is 0 Å². The van der Waals surface area contributed by atoms with E-state index in [0.29, 0.717) is 13.0 Å². The molecule has 4 aromatic heterocycles. The topological polar surface area (TPSA) is 78.7 Å². The molecule has 0 bridgehead atoms. The van der Waals surface area contributed by atoms with Gasteiger partial charge in [-0.1, -0.05) is 6.07 Å². The van der Waals surface area contributed by atoms with Crippen molar-refractivity contribution in [3.8, 4) is 17.3 Å². The third-order valence-electron chi connectivity index (χ3n) is 4.86. The molecule has 1 aliphatic heterocycles. The number of nitriles is 1. The summed E-state index contributed by atoms with van der Waals surface area (Å²) in [6.07, 6.45) is 7.87. The summed E-state index contributed by atoms with van der Waals surface area (Å²) in [6.45, 7) is 0.550. The molecule has 0 radical (unpaired) electrons. The van der Waals surface area contributed by atoms with E-state index in [-0.39, 0.29) is 5.91 Å². The summed E-state index contributed by atoms with van der Waals surface area (Å²) < 4.78 is 3.79. The molecule has 1 atom stereocenters. The van der Waals surface area contributed by atoms with Crippen molar-refractivity contribution in [2.75, 3.05) is 11.4 Å². The number of amides is 1. The Morgan fingerprint density at radius 3 is 3.00 bits per heavy atom. The van der Waals surface area contributed by atoms with E-state index in [1.807, 2.05) is 47.1 Å². The molecule has 26 heavy (non-hydrogen) atoms. The molecule has 0 aromatic carbocycles. The maximum atomic E-state index is 12.5. The van der Waals surface area contributed by atoms with Crippen LogP contribution in [0.25, 0.3) is 22.4 Å². The Hall–Kier alpha value is -3.66. The molecule has 0 spiro atoms. The van der Waals surface area contributed by atoms with Crippen LogP contribution in [-0.2, 0) is 4.79 Å². The van der Waals surface area contributed by atoms with Crippen molar-refractivity contribution in [3.63, 3.8) is 0 Å². The molecule has 0 N–H and O–H groups in total. The maximum absolute atomic E-state index is 12.5. The predicted octanol–water partition coefficient (Wildman–Crippen LogP) is 2.53. The SMILES string of the molecule is N#CC1CCN(c2ccnn3cc(-c4cccc5nccn45)cc23)C1=O. The minimum absolute atomic E-state index is 0.139. The van der Waals surface area contributed by atoms with Crippen molar-refractivity contribution in [3.05, 3.63) is 55.1 Å². The Morgan fingerprint density at radius 1 is 1.23 bits per heavy atom. The summed E-state index contributed by atoms with van der Waals surface area (Å²) in [5, 5.41) is 13.5. The third kappa shape index (κ3) is 2.02. The highest BCUT2D eigenvalue weighted by Gasteiger charge is 2.33. The van der Waals surface area contributed by atoms with E-state index in [2.05, 4.69) is 16.2 Å². The fourth-order valence-electron chi connectivity index (χ4n) is 3.59. The van der Waals surface area contributed by atoms with Crippen LogP contribution in [0.3, 0.4) is 0 Å². The van der Waals surface area contributed by atoms with Crippen molar-refractivity contribution in [1.82, 2.24) is 19.0 Å². The van der Waals surface area contributed by atoms with Gasteiger partial charge in [0.15, 0.2) is 0 Å². The van der Waals surface area contributed by atoms with Gasteiger partial charge in [0.05, 0.1) is 23.0 Å². The van der Waals surface area contributed by atoms with Crippen LogP contribution in [0, 0.1) is 17.2 Å². The maximum Gasteiger partial charge on any atom is 0.244 e. The Bertz CT molecular complexity index is 1200. The molecule has 1 aliphatic rings. The van der Waals surface area contributed by atoms with E-state index >= 15 is 0 Å². The standard InChI is InChI=1S/C19H14N6O/c20-11-13-5-8-24(19(13)26)16-4-6-22-25-12-14(10-17(16)25)15-2-1-3-18-21-7-9-23(15)18/h1-4,6-7,9-10,12-13H,5,8H2. The first kappa shape index (κ1) is 14.7. The van der Waals surface area contributed by atoms with Crippen molar-refractivity contribution >= 4 is 22.8 Å². The van der Waals surface area contributed by atoms with E-state index in [1.54, 1.807) is 21.8 Å². The quantitative estimate of drug-likeness (QED) is 0.561. The Labute approximate surface area is 148 Å². The molecule has 126 valence electrons. The third-order valence-corrected chi connectivity index (χ3v) is 4.86. The highest BCUT2D eigenvalue weighted by molar-refractivity contribution is 6.02. The Morgan fingerprint density at radius 2 is 2.15 bits per heavy atom. The molecule has 7 nitrogen and oxygen atoms in total. The number of fused-ring (bicyclic) bond motifs is 2. The molecule has 1 unspecified atom stereocenters. The van der Waals surface area contributed by atoms with Crippen molar-refractivity contribution in [2.45, 2.75) is 6.42 Å². The first-order chi connectivity index (χ1) is 12.8. The van der Waals surface area contributed by atoms with Gasteiger partial charge in [0.2, 0.25) is 5.91 Å². The van der Waals surface area contributed by atoms with Crippen LogP contribution in [0.2, 0.25) is 0 Å². The van der Waals surface area contributed by atoms with Gasteiger partial charge in [-0.25, -0.2) is 9.50 Å². The molecule has 0 saturated carbocycles. The van der Waals surface area contributed by atoms with Gasteiger partial charge in [-0.05, 0) is 30.7 Å². The van der Waals surface area contributed by atoms with Gasteiger partial charge in [0.25, 0.3) is 0 Å². The number of rotatable bonds is 2. The normalized spacial score (nSPS) is 17.3. The number of aromatic nitrogens is 4. The van der Waals surface area contributed by atoms with Gasteiger partial charge < -0.3 is 4.90 Å². The minimum atomic E-state index is -0.558. The van der Waals surface area contributed by atoms with E-state index < -0.39 is 5.92 Å². The highest BCUT2D eigenvalue weighted by atomic mass is 16.2. The average molecular weight is 342 g/mol. The van der Waals surface area contributed by atoms with Crippen LogP contribution >= 0.6 is 0 Å². The second kappa shape index (κ2) is 5.43. The smallest absolute Gasteiger partial charge is 0.244 e. The zero-order chi connectivity index (χ0) is 17.7. The number of carbonyl (C=O) groups is 1. The van der Waals surface area contributed by atoms with Crippen LogP contribution < -0.4 is 4.90 Å². The van der Waals surface area contributed by atoms with Gasteiger partial charge in [-0.3, -0.25) is 9.20 Å². The first-order valence-corrected chi connectivity index (χ1v) is 8.37. The number of nitrogens with zero attached hydrogens (tertiary/aromatic N) is 6. The lowest BCUT2D eigenvalue weighted by molar-refractivity contribution is -0.118. The average Bonchev–Trinajstić information content (AvgIpc) is 3.38. The number of carbonyl (C=O) groups excluding carboxylic acids is 1. The van der Waals surface area contributed by atoms with Gasteiger partial charge >= 0.3 is 0 Å². The molecule has 1 amide bonds. The van der Waals surface area contributed by atoms with Crippen LogP contribution in [0.4, 0.5) is 5.69 Å². The summed E-state index contributed by atoms with van der Waals surface area (Å²) in [7, 11) is 0. The van der Waals surface area contributed by atoms with Gasteiger partial charge in [-0.15, -0.1) is 0 Å². The van der Waals surface area contributed by atoms with Gasteiger partial charge in [-0.2, -0.15) is 10.4 Å². The monoisotopic (exact) mass is 342 g/mol. The van der Waals surface area contributed by atoms with Crippen LogP contribution in [-0.4, -0.2) is 31.5 Å². The molecule has 0 aliphatic carbocycles. The molecule has 5 heterocycles. The summed E-state index contributed by atoms with van der Waals surface area (Å²) in [5.41, 5.74) is 4.48. The largest absolute Gasteiger partial charge is 0.309 e. The van der Waals surface area contributed by atoms with Crippen molar-refractivity contribution in [2.24, 2.45) is 5.92 Å². The van der Waals surface area contributed by atoms with Crippen molar-refractivity contribution in [1.29, 1.82) is 5.26 Å². The van der Waals surface area contributed by atoms with Crippen LogP contribution in [0.15, 0.2) is 55.1 Å². The van der Waals surface area contributed by atoms with Crippen LogP contribution in [0.1, 0.15) is 6.42 Å². The lowest BCUT2D eigenvalue weighted by atomic mass is 10.1. The summed E-state index contributed by atoms with van der Waals surface area (Å²) in [6, 6.07) is 11.9. The fraction of sp³-hybridized carbons (Fsp3) is 0.158. The molecular weight excluding hydrogens is 328 g/mol. The van der Waals surface area contributed by atoms with E-state index in [0.717, 1.165) is 28.1 Å². The summed E-state index contributed by atoms with van der Waals surface area (Å²) >= 11 is 0. The second-order valence-corrected chi connectivity index (χ2v) is 6.30. The number of anilines is 1. The lowest BCUT2D eigenvalue weighted by Gasteiger charge is -2.16. The zero-order valence-electron chi connectivity index (χ0n) is 13.8. The molecular formula is C19H14N6O. The van der Waals surface area contributed by atoms with Crippen LogP contribution in [0.5, 0.6) is 0 Å². The summed E-state index contributed by atoms with van der Waals surface area (Å²) in [4.78, 5) is 18.5. The number of hydrogen-bond acceptors (Lipinski definition) is 4.